The van der Waals surface area contributed by atoms with Crippen LogP contribution in [0.4, 0.5) is 0 Å². The minimum atomic E-state index is -5.55. The first kappa shape index (κ1) is 13.4. The van der Waals surface area contributed by atoms with E-state index in [1.807, 2.05) is 0 Å². The molecule has 10 heavy (non-hydrogen) atoms. The van der Waals surface area contributed by atoms with Gasteiger partial charge in [-0.25, -0.2) is 4.57 Å². The Hall–Kier alpha value is 0.754. The van der Waals surface area contributed by atoms with Crippen molar-refractivity contribution >= 4 is 15.6 Å². The van der Waals surface area contributed by atoms with Crippen LogP contribution in [0.1, 0.15) is 0 Å². The fourth-order valence-electron chi connectivity index (χ4n) is 0.130. The van der Waals surface area contributed by atoms with Crippen LogP contribution in [-0.4, -0.2) is 9.79 Å². The first-order chi connectivity index (χ1) is 3.71. The maximum absolute atomic E-state index is 9.55. The van der Waals surface area contributed by atoms with Gasteiger partial charge in [-0.3, -0.25) is 4.31 Å². The first-order valence-electron chi connectivity index (χ1n) is 1.50. The monoisotopic (exact) mass is 234 g/mol. The van der Waals surface area contributed by atoms with Crippen molar-refractivity contribution in [3.63, 3.8) is 0 Å². The first-order valence-corrected chi connectivity index (χ1v) is 4.49. The van der Waals surface area contributed by atoms with Gasteiger partial charge in [0.15, 0.2) is 0 Å². The minimum Gasteiger partial charge on any atom is -0.789 e. The molecule has 0 saturated heterocycles. The van der Waals surface area contributed by atoms with E-state index < -0.39 is 15.6 Å². The van der Waals surface area contributed by atoms with Crippen molar-refractivity contribution in [2.24, 2.45) is 0 Å². The predicted molar refractivity (Wildman–Crippen MR) is 20.7 cm³/mol. The molecule has 0 amide bonds. The molecule has 0 unspecified atom stereocenters. The molecule has 0 aromatic rings. The van der Waals surface area contributed by atoms with E-state index in [0.29, 0.717) is 0 Å². The van der Waals surface area contributed by atoms with Crippen LogP contribution in [0.25, 0.3) is 0 Å². The molecule has 0 heterocycles. The SMILES string of the molecule is O=P([O-])([O-])OP(=O)(O)O.[Ni+2]. The van der Waals surface area contributed by atoms with E-state index >= 15 is 0 Å². The van der Waals surface area contributed by atoms with Gasteiger partial charge in [-0.2, -0.15) is 0 Å². The molecule has 0 aromatic heterocycles. The van der Waals surface area contributed by atoms with Crippen molar-refractivity contribution in [3.8, 4) is 0 Å². The molecule has 7 nitrogen and oxygen atoms in total. The summed E-state index contributed by atoms with van der Waals surface area (Å²) in [5.74, 6) is 0. The second kappa shape index (κ2) is 3.95. The van der Waals surface area contributed by atoms with Gasteiger partial charge in [0.2, 0.25) is 0 Å². The van der Waals surface area contributed by atoms with E-state index in [1.54, 1.807) is 0 Å². The molecule has 64 valence electrons. The van der Waals surface area contributed by atoms with E-state index in [0.717, 1.165) is 0 Å². The van der Waals surface area contributed by atoms with Gasteiger partial charge in [-0.15, -0.1) is 0 Å². The van der Waals surface area contributed by atoms with Crippen LogP contribution in [0.2, 0.25) is 0 Å². The molecule has 0 aliphatic heterocycles. The molecule has 0 atom stereocenters. The molecule has 0 fully saturated rings. The molecule has 0 spiro atoms. The van der Waals surface area contributed by atoms with Crippen molar-refractivity contribution in [1.82, 2.24) is 0 Å². The van der Waals surface area contributed by atoms with Gasteiger partial charge in [0.05, 0.1) is 7.82 Å². The van der Waals surface area contributed by atoms with Gasteiger partial charge >= 0.3 is 24.3 Å². The average molecular weight is 235 g/mol. The summed E-state index contributed by atoms with van der Waals surface area (Å²) in [7, 11) is -10.7. The Kier molecular flexibility index (Phi) is 5.27. The molecule has 0 saturated carbocycles. The van der Waals surface area contributed by atoms with Gasteiger partial charge in [0.1, 0.15) is 0 Å². The Morgan fingerprint density at radius 3 is 1.50 bits per heavy atom. The van der Waals surface area contributed by atoms with Crippen LogP contribution in [0.3, 0.4) is 0 Å². The number of hydrogen-bond acceptors (Lipinski definition) is 5. The molecule has 0 rings (SSSR count). The summed E-state index contributed by atoms with van der Waals surface area (Å²) >= 11 is 0. The molecule has 2 N–H and O–H groups in total. The number of hydrogen-bond donors (Lipinski definition) is 2. The average Bonchev–Trinajstić information content (AvgIpc) is 1.14. The molecule has 0 aliphatic carbocycles. The number of phosphoric acid groups is 2. The van der Waals surface area contributed by atoms with E-state index in [9.17, 15) is 18.9 Å². The third kappa shape index (κ3) is 11.5. The van der Waals surface area contributed by atoms with Gasteiger partial charge in [0.25, 0.3) is 0 Å². The standard InChI is InChI=1S/Ni.H4O7P2/c;1-8(2,3)7-9(4,5)6/h;(H2,1,2,3)(H2,4,5,6)/q+2;/p-2. The summed E-state index contributed by atoms with van der Waals surface area (Å²) in [6.07, 6.45) is 0. The Morgan fingerprint density at radius 1 is 1.20 bits per heavy atom. The van der Waals surface area contributed by atoms with Crippen molar-refractivity contribution < 1.29 is 49.5 Å². The van der Waals surface area contributed by atoms with Crippen LogP contribution in [0.15, 0.2) is 0 Å². The zero-order valence-electron chi connectivity index (χ0n) is 4.15. The maximum Gasteiger partial charge on any atom is 2.00 e. The third-order valence-corrected chi connectivity index (χ3v) is 1.86. The summed E-state index contributed by atoms with van der Waals surface area (Å²) in [4.78, 5) is 34.1. The normalized spacial score (nSPS) is 12.4. The van der Waals surface area contributed by atoms with Crippen LogP contribution in [0, 0.1) is 0 Å². The summed E-state index contributed by atoms with van der Waals surface area (Å²) in [6.45, 7) is 0. The fourth-order valence-corrected chi connectivity index (χ4v) is 1.17. The minimum absolute atomic E-state index is 0. The van der Waals surface area contributed by atoms with Crippen LogP contribution < -0.4 is 9.79 Å². The largest absolute Gasteiger partial charge is 2.00 e. The zero-order chi connectivity index (χ0) is 7.71. The van der Waals surface area contributed by atoms with E-state index in [2.05, 4.69) is 4.31 Å². The summed E-state index contributed by atoms with van der Waals surface area (Å²) in [5.41, 5.74) is 0. The second-order valence-corrected chi connectivity index (χ2v) is 3.55. The Bertz CT molecular complexity index is 152. The fraction of sp³-hybridized carbons (Fsp3) is 0. The summed E-state index contributed by atoms with van der Waals surface area (Å²) < 4.78 is 21.7. The Balaban J connectivity index is 0. The smallest absolute Gasteiger partial charge is 0.789 e. The van der Waals surface area contributed by atoms with Gasteiger partial charge in [-0.1, -0.05) is 0 Å². The second-order valence-electron chi connectivity index (χ2n) is 1.02. The van der Waals surface area contributed by atoms with Crippen LogP contribution in [0.5, 0.6) is 0 Å². The number of rotatable bonds is 2. The van der Waals surface area contributed by atoms with Crippen LogP contribution >= 0.6 is 15.6 Å². The molecule has 10 heteroatoms. The molecule has 0 bridgehead atoms. The zero-order valence-corrected chi connectivity index (χ0v) is 6.92. The van der Waals surface area contributed by atoms with Gasteiger partial charge in [0, 0.05) is 0 Å². The van der Waals surface area contributed by atoms with E-state index in [1.165, 1.54) is 0 Å². The summed E-state index contributed by atoms with van der Waals surface area (Å²) in [5, 5.41) is 0. The molecule has 0 aromatic carbocycles. The molecular formula is H2NiO7P2. The topological polar surface area (TPSA) is 130 Å². The quantitative estimate of drug-likeness (QED) is 0.414. The summed E-state index contributed by atoms with van der Waals surface area (Å²) in [6, 6.07) is 0. The van der Waals surface area contributed by atoms with Crippen molar-refractivity contribution in [2.75, 3.05) is 0 Å². The van der Waals surface area contributed by atoms with Crippen molar-refractivity contribution in [1.29, 1.82) is 0 Å². The van der Waals surface area contributed by atoms with Crippen molar-refractivity contribution in [3.05, 3.63) is 0 Å². The van der Waals surface area contributed by atoms with Gasteiger partial charge in [-0.05, 0) is 0 Å². The molecule has 0 radical (unpaired) electrons. The Morgan fingerprint density at radius 2 is 1.50 bits per heavy atom. The van der Waals surface area contributed by atoms with E-state index in [-0.39, 0.29) is 16.5 Å². The van der Waals surface area contributed by atoms with Crippen molar-refractivity contribution in [2.45, 2.75) is 0 Å². The molecular weight excluding hydrogens is 233 g/mol. The Labute approximate surface area is 65.8 Å². The third-order valence-electron chi connectivity index (χ3n) is 0.206. The van der Waals surface area contributed by atoms with Gasteiger partial charge < -0.3 is 24.1 Å². The predicted octanol–water partition coefficient (Wildman–Crippen LogP) is -2.08. The maximum atomic E-state index is 9.55. The van der Waals surface area contributed by atoms with Crippen LogP contribution in [-0.2, 0) is 29.9 Å². The van der Waals surface area contributed by atoms with E-state index in [4.69, 9.17) is 9.79 Å². The molecule has 0 aliphatic rings.